The first kappa shape index (κ1) is 14.5. The number of halogens is 1. The Kier molecular flexibility index (Phi) is 4.99. The molecule has 1 heterocycles. The lowest BCUT2D eigenvalue weighted by Crippen LogP contribution is -2.23. The molecule has 4 nitrogen and oxygen atoms in total. The minimum Gasteiger partial charge on any atom is -0.393 e. The van der Waals surface area contributed by atoms with Crippen LogP contribution in [0.3, 0.4) is 0 Å². The predicted octanol–water partition coefficient (Wildman–Crippen LogP) is 2.96. The molecule has 1 aliphatic rings. The van der Waals surface area contributed by atoms with Gasteiger partial charge in [-0.15, -0.1) is 0 Å². The number of nitrogens with zero attached hydrogens (tertiary/aromatic N) is 2. The number of aryl methyl sites for hydroxylation is 1. The van der Waals surface area contributed by atoms with Gasteiger partial charge in [0.15, 0.2) is 0 Å². The van der Waals surface area contributed by atoms with Crippen LogP contribution in [0.5, 0.6) is 0 Å². The van der Waals surface area contributed by atoms with Gasteiger partial charge < -0.3 is 10.4 Å². The zero-order valence-corrected chi connectivity index (χ0v) is 12.4. The summed E-state index contributed by atoms with van der Waals surface area (Å²) < 4.78 is 0. The fourth-order valence-corrected chi connectivity index (χ4v) is 2.71. The molecule has 0 aliphatic heterocycles. The Balaban J connectivity index is 2.06. The van der Waals surface area contributed by atoms with Crippen LogP contribution in [0.25, 0.3) is 0 Å². The lowest BCUT2D eigenvalue weighted by molar-refractivity contribution is 0.138. The topological polar surface area (TPSA) is 58.0 Å². The highest BCUT2D eigenvalue weighted by atomic mass is 35.5. The quantitative estimate of drug-likeness (QED) is 0.816. The van der Waals surface area contributed by atoms with Crippen LogP contribution in [0.15, 0.2) is 0 Å². The average molecular weight is 284 g/mol. The van der Waals surface area contributed by atoms with Crippen LogP contribution < -0.4 is 5.32 Å². The van der Waals surface area contributed by atoms with Crippen molar-refractivity contribution in [2.45, 2.75) is 52.1 Å². The normalized spacial score (nSPS) is 22.7. The number of aliphatic hydroxyl groups is 1. The highest BCUT2D eigenvalue weighted by Gasteiger charge is 2.25. The van der Waals surface area contributed by atoms with Gasteiger partial charge in [-0.2, -0.15) is 0 Å². The van der Waals surface area contributed by atoms with E-state index in [1.165, 1.54) is 0 Å². The van der Waals surface area contributed by atoms with Crippen LogP contribution in [0.4, 0.5) is 5.82 Å². The Bertz CT molecular complexity index is 439. The molecule has 1 fully saturated rings. The van der Waals surface area contributed by atoms with E-state index in [1.807, 2.05) is 6.92 Å². The minimum atomic E-state index is -0.180. The molecule has 1 aromatic rings. The molecule has 2 atom stereocenters. The van der Waals surface area contributed by atoms with Gasteiger partial charge in [-0.25, -0.2) is 9.97 Å². The van der Waals surface area contributed by atoms with Gasteiger partial charge in [0, 0.05) is 24.4 Å². The van der Waals surface area contributed by atoms with Crippen LogP contribution in [-0.2, 0) is 6.42 Å². The molecular weight excluding hydrogens is 262 g/mol. The first-order chi connectivity index (χ1) is 9.11. The average Bonchev–Trinajstić information content (AvgIpc) is 2.78. The lowest BCUT2D eigenvalue weighted by Gasteiger charge is -2.17. The van der Waals surface area contributed by atoms with Crippen molar-refractivity contribution >= 4 is 17.4 Å². The zero-order chi connectivity index (χ0) is 13.8. The third-order valence-corrected chi connectivity index (χ3v) is 4.12. The SMILES string of the molecule is CCCc1nc(Cl)c(C)c(NCC2CCCC2O)n1. The number of nitrogens with one attached hydrogen (secondary N) is 1. The Morgan fingerprint density at radius 1 is 1.37 bits per heavy atom. The van der Waals surface area contributed by atoms with Gasteiger partial charge in [-0.05, 0) is 26.2 Å². The largest absolute Gasteiger partial charge is 0.393 e. The Hall–Kier alpha value is -0.870. The molecule has 0 saturated heterocycles. The fourth-order valence-electron chi connectivity index (χ4n) is 2.52. The second-order valence-corrected chi connectivity index (χ2v) is 5.65. The maximum Gasteiger partial charge on any atom is 0.137 e. The first-order valence-corrected chi connectivity index (χ1v) is 7.44. The van der Waals surface area contributed by atoms with Crippen molar-refractivity contribution < 1.29 is 5.11 Å². The Labute approximate surface area is 119 Å². The molecular formula is C14H22ClN3O. The number of rotatable bonds is 5. The Morgan fingerprint density at radius 2 is 2.16 bits per heavy atom. The Morgan fingerprint density at radius 3 is 2.79 bits per heavy atom. The summed E-state index contributed by atoms with van der Waals surface area (Å²) in [5, 5.41) is 13.7. The van der Waals surface area contributed by atoms with Gasteiger partial charge in [0.2, 0.25) is 0 Å². The monoisotopic (exact) mass is 283 g/mol. The number of hydrogen-bond acceptors (Lipinski definition) is 4. The molecule has 1 saturated carbocycles. The fraction of sp³-hybridized carbons (Fsp3) is 0.714. The van der Waals surface area contributed by atoms with Crippen molar-refractivity contribution in [3.63, 3.8) is 0 Å². The predicted molar refractivity (Wildman–Crippen MR) is 77.6 cm³/mol. The molecule has 2 N–H and O–H groups in total. The van der Waals surface area contributed by atoms with Crippen LogP contribution >= 0.6 is 11.6 Å². The summed E-state index contributed by atoms with van der Waals surface area (Å²) >= 11 is 6.14. The van der Waals surface area contributed by atoms with Gasteiger partial charge in [-0.1, -0.05) is 24.9 Å². The molecule has 1 aromatic heterocycles. The standard InChI is InChI=1S/C14H22ClN3O/c1-3-5-12-17-13(15)9(2)14(18-12)16-8-10-6-4-7-11(10)19/h10-11,19H,3-8H2,1-2H3,(H,16,17,18). The molecule has 5 heteroatoms. The summed E-state index contributed by atoms with van der Waals surface area (Å²) in [6.07, 6.45) is 4.75. The molecule has 2 unspecified atom stereocenters. The summed E-state index contributed by atoms with van der Waals surface area (Å²) in [5.41, 5.74) is 0.883. The van der Waals surface area contributed by atoms with E-state index >= 15 is 0 Å². The smallest absolute Gasteiger partial charge is 0.137 e. The summed E-state index contributed by atoms with van der Waals surface area (Å²) in [7, 11) is 0. The van der Waals surface area contributed by atoms with Gasteiger partial charge in [0.25, 0.3) is 0 Å². The summed E-state index contributed by atoms with van der Waals surface area (Å²) in [6, 6.07) is 0. The van der Waals surface area contributed by atoms with E-state index in [-0.39, 0.29) is 6.10 Å². The molecule has 19 heavy (non-hydrogen) atoms. The third kappa shape index (κ3) is 3.57. The lowest BCUT2D eigenvalue weighted by atomic mass is 10.1. The van der Waals surface area contributed by atoms with Crippen LogP contribution in [0.1, 0.15) is 44.0 Å². The van der Waals surface area contributed by atoms with Crippen molar-refractivity contribution in [2.24, 2.45) is 5.92 Å². The van der Waals surface area contributed by atoms with E-state index in [0.717, 1.165) is 55.9 Å². The van der Waals surface area contributed by atoms with Crippen LogP contribution in [0.2, 0.25) is 5.15 Å². The zero-order valence-electron chi connectivity index (χ0n) is 11.6. The van der Waals surface area contributed by atoms with Gasteiger partial charge >= 0.3 is 0 Å². The van der Waals surface area contributed by atoms with Gasteiger partial charge in [0.1, 0.15) is 16.8 Å². The van der Waals surface area contributed by atoms with E-state index in [2.05, 4.69) is 22.2 Å². The maximum absolute atomic E-state index is 9.83. The number of aliphatic hydroxyl groups excluding tert-OH is 1. The molecule has 0 bridgehead atoms. The minimum absolute atomic E-state index is 0.180. The molecule has 1 aliphatic carbocycles. The molecule has 0 spiro atoms. The van der Waals surface area contributed by atoms with E-state index < -0.39 is 0 Å². The molecule has 106 valence electrons. The third-order valence-electron chi connectivity index (χ3n) is 3.76. The van der Waals surface area contributed by atoms with Gasteiger partial charge in [0.05, 0.1) is 6.10 Å². The van der Waals surface area contributed by atoms with Crippen molar-refractivity contribution in [1.82, 2.24) is 9.97 Å². The van der Waals surface area contributed by atoms with E-state index in [4.69, 9.17) is 11.6 Å². The number of hydrogen-bond donors (Lipinski definition) is 2. The van der Waals surface area contributed by atoms with Crippen molar-refractivity contribution in [1.29, 1.82) is 0 Å². The van der Waals surface area contributed by atoms with E-state index in [0.29, 0.717) is 11.1 Å². The van der Waals surface area contributed by atoms with Gasteiger partial charge in [-0.3, -0.25) is 0 Å². The van der Waals surface area contributed by atoms with E-state index in [1.54, 1.807) is 0 Å². The first-order valence-electron chi connectivity index (χ1n) is 7.06. The number of anilines is 1. The summed E-state index contributed by atoms with van der Waals surface area (Å²) in [5.74, 6) is 1.91. The second kappa shape index (κ2) is 6.53. The van der Waals surface area contributed by atoms with Crippen LogP contribution in [-0.4, -0.2) is 27.7 Å². The molecule has 0 amide bonds. The summed E-state index contributed by atoms with van der Waals surface area (Å²) in [4.78, 5) is 8.80. The summed E-state index contributed by atoms with van der Waals surface area (Å²) in [6.45, 7) is 4.77. The van der Waals surface area contributed by atoms with E-state index in [9.17, 15) is 5.11 Å². The maximum atomic E-state index is 9.83. The van der Waals surface area contributed by atoms with Crippen molar-refractivity contribution in [2.75, 3.05) is 11.9 Å². The molecule has 0 aromatic carbocycles. The highest BCUT2D eigenvalue weighted by Crippen LogP contribution is 2.27. The van der Waals surface area contributed by atoms with Crippen LogP contribution in [0, 0.1) is 12.8 Å². The molecule has 0 radical (unpaired) electrons. The number of aromatic nitrogens is 2. The molecule has 2 rings (SSSR count). The second-order valence-electron chi connectivity index (χ2n) is 5.29. The highest BCUT2D eigenvalue weighted by molar-refractivity contribution is 6.30. The van der Waals surface area contributed by atoms with Crippen molar-refractivity contribution in [3.05, 3.63) is 16.5 Å². The van der Waals surface area contributed by atoms with Crippen molar-refractivity contribution in [3.8, 4) is 0 Å².